The molecule has 2 aromatic carbocycles. The highest BCUT2D eigenvalue weighted by Gasteiger charge is 2.30. The number of alkyl carbamates (subject to hydrolysis) is 1. The van der Waals surface area contributed by atoms with E-state index >= 15 is 0 Å². The maximum Gasteiger partial charge on any atom is 0.407 e. The Bertz CT molecular complexity index is 875. The van der Waals surface area contributed by atoms with Gasteiger partial charge in [-0.25, -0.2) is 9.18 Å². The van der Waals surface area contributed by atoms with Crippen molar-refractivity contribution in [2.24, 2.45) is 0 Å². The van der Waals surface area contributed by atoms with Crippen LogP contribution < -0.4 is 14.8 Å². The molecule has 0 spiro atoms. The van der Waals surface area contributed by atoms with Crippen molar-refractivity contribution in [1.82, 2.24) is 10.2 Å². The van der Waals surface area contributed by atoms with Crippen LogP contribution in [-0.4, -0.2) is 55.0 Å². The summed E-state index contributed by atoms with van der Waals surface area (Å²) in [4.78, 5) is 14.5. The number of nitrogens with zero attached hydrogens (tertiary/aromatic N) is 1. The van der Waals surface area contributed by atoms with Crippen molar-refractivity contribution in [3.63, 3.8) is 0 Å². The molecule has 8 heteroatoms. The van der Waals surface area contributed by atoms with Crippen molar-refractivity contribution in [2.75, 3.05) is 32.8 Å². The molecule has 7 nitrogen and oxygen atoms in total. The highest BCUT2D eigenvalue weighted by atomic mass is 19.1. The van der Waals surface area contributed by atoms with E-state index in [2.05, 4.69) is 10.2 Å². The molecule has 0 aromatic heterocycles. The number of halogens is 1. The molecule has 2 heterocycles. The van der Waals surface area contributed by atoms with E-state index in [0.717, 1.165) is 25.1 Å². The van der Waals surface area contributed by atoms with Gasteiger partial charge in [0.2, 0.25) is 0 Å². The molecule has 2 aliphatic rings. The number of rotatable bonds is 7. The molecular weight excluding hydrogens is 391 g/mol. The Labute approximate surface area is 174 Å². The van der Waals surface area contributed by atoms with Gasteiger partial charge < -0.3 is 29.5 Å². The summed E-state index contributed by atoms with van der Waals surface area (Å²) in [5.74, 6) is -0.299. The first-order valence-electron chi connectivity index (χ1n) is 10.1. The van der Waals surface area contributed by atoms with E-state index in [-0.39, 0.29) is 24.7 Å². The summed E-state index contributed by atoms with van der Waals surface area (Å²) >= 11 is 0. The van der Waals surface area contributed by atoms with Crippen molar-refractivity contribution in [1.29, 1.82) is 0 Å². The lowest BCUT2D eigenvalue weighted by molar-refractivity contribution is 0.0690. The van der Waals surface area contributed by atoms with E-state index in [1.165, 1.54) is 6.07 Å². The summed E-state index contributed by atoms with van der Waals surface area (Å²) in [6.45, 7) is 2.92. The lowest BCUT2D eigenvalue weighted by Gasteiger charge is -2.36. The van der Waals surface area contributed by atoms with Crippen LogP contribution in [0.4, 0.5) is 9.18 Å². The molecule has 2 atom stereocenters. The highest BCUT2D eigenvalue weighted by Crippen LogP contribution is 2.36. The van der Waals surface area contributed by atoms with Crippen molar-refractivity contribution >= 4 is 6.09 Å². The van der Waals surface area contributed by atoms with E-state index in [0.29, 0.717) is 18.7 Å². The van der Waals surface area contributed by atoms with E-state index in [1.54, 1.807) is 6.07 Å². The van der Waals surface area contributed by atoms with Crippen LogP contribution in [0.2, 0.25) is 0 Å². The van der Waals surface area contributed by atoms with Crippen LogP contribution in [0, 0.1) is 5.82 Å². The highest BCUT2D eigenvalue weighted by molar-refractivity contribution is 5.67. The number of fused-ring (bicyclic) bond motifs is 1. The molecule has 30 heavy (non-hydrogen) atoms. The number of nitrogens with one attached hydrogen (secondary N) is 1. The summed E-state index contributed by atoms with van der Waals surface area (Å²) < 4.78 is 30.5. The Morgan fingerprint density at radius 1 is 1.20 bits per heavy atom. The molecule has 2 N–H and O–H groups in total. The molecule has 0 radical (unpaired) electrons. The van der Waals surface area contributed by atoms with Gasteiger partial charge in [-0.3, -0.25) is 0 Å². The SMILES string of the molecule is O=C(N[C@H](CN1CCC1)[C@H](O)c1cc(F)c2c(c1)OCCO2)OCc1ccccc1. The molecule has 4 rings (SSSR count). The van der Waals surface area contributed by atoms with Crippen molar-refractivity contribution in [3.8, 4) is 11.5 Å². The monoisotopic (exact) mass is 416 g/mol. The van der Waals surface area contributed by atoms with Gasteiger partial charge in [0.05, 0.1) is 6.04 Å². The van der Waals surface area contributed by atoms with Crippen LogP contribution >= 0.6 is 0 Å². The Morgan fingerprint density at radius 3 is 2.70 bits per heavy atom. The summed E-state index contributed by atoms with van der Waals surface area (Å²) in [5, 5.41) is 13.7. The molecule has 1 fully saturated rings. The normalized spacial score (nSPS) is 17.5. The van der Waals surface area contributed by atoms with Gasteiger partial charge in [-0.2, -0.15) is 0 Å². The second kappa shape index (κ2) is 9.32. The molecule has 0 bridgehead atoms. The number of amides is 1. The first kappa shape index (κ1) is 20.4. The summed E-state index contributed by atoms with van der Waals surface area (Å²) in [6, 6.07) is 11.4. The van der Waals surface area contributed by atoms with Crippen molar-refractivity contribution < 1.29 is 28.5 Å². The second-order valence-electron chi connectivity index (χ2n) is 7.44. The van der Waals surface area contributed by atoms with Gasteiger partial charge in [0.25, 0.3) is 0 Å². The minimum Gasteiger partial charge on any atom is -0.486 e. The maximum absolute atomic E-state index is 14.4. The van der Waals surface area contributed by atoms with Crippen molar-refractivity contribution in [3.05, 3.63) is 59.4 Å². The standard InChI is InChI=1S/C22H25FN2O5/c23-17-11-16(12-19-21(17)29-10-9-28-19)20(26)18(13-25-7-4-8-25)24-22(27)30-14-15-5-2-1-3-6-15/h1-3,5-6,11-12,18,20,26H,4,7-10,13-14H2,(H,24,27)/t18-,20-/m1/s1. The van der Waals surface area contributed by atoms with Crippen LogP contribution in [0.15, 0.2) is 42.5 Å². The third kappa shape index (κ3) is 4.83. The van der Waals surface area contributed by atoms with Gasteiger partial charge in [-0.15, -0.1) is 0 Å². The number of likely N-dealkylation sites (tertiary alicyclic amines) is 1. The fourth-order valence-corrected chi connectivity index (χ4v) is 3.52. The Hall–Kier alpha value is -2.84. The topological polar surface area (TPSA) is 80.3 Å². The van der Waals surface area contributed by atoms with Crippen LogP contribution in [0.25, 0.3) is 0 Å². The van der Waals surface area contributed by atoms with E-state index in [4.69, 9.17) is 14.2 Å². The zero-order valence-corrected chi connectivity index (χ0v) is 16.6. The van der Waals surface area contributed by atoms with Gasteiger partial charge in [0, 0.05) is 6.54 Å². The molecule has 160 valence electrons. The number of ether oxygens (including phenoxy) is 3. The first-order chi connectivity index (χ1) is 14.6. The average molecular weight is 416 g/mol. The lowest BCUT2D eigenvalue weighted by atomic mass is 9.99. The third-order valence-electron chi connectivity index (χ3n) is 5.26. The van der Waals surface area contributed by atoms with Gasteiger partial charge in [0.15, 0.2) is 17.3 Å². The molecule has 1 amide bonds. The number of hydrogen-bond donors (Lipinski definition) is 2. The number of aliphatic hydroxyl groups excluding tert-OH is 1. The van der Waals surface area contributed by atoms with Crippen LogP contribution in [-0.2, 0) is 11.3 Å². The van der Waals surface area contributed by atoms with Crippen LogP contribution in [0.5, 0.6) is 11.5 Å². The van der Waals surface area contributed by atoms with Gasteiger partial charge >= 0.3 is 6.09 Å². The number of hydrogen-bond acceptors (Lipinski definition) is 6. The number of aliphatic hydroxyl groups is 1. The summed E-state index contributed by atoms with van der Waals surface area (Å²) in [6.07, 6.45) is -0.707. The number of carbonyl (C=O) groups excluding carboxylic acids is 1. The Morgan fingerprint density at radius 2 is 1.97 bits per heavy atom. The number of benzene rings is 2. The molecule has 2 aromatic rings. The second-order valence-corrected chi connectivity index (χ2v) is 7.44. The minimum absolute atomic E-state index is 0.0479. The predicted octanol–water partition coefficient (Wildman–Crippen LogP) is 2.63. The molecule has 0 saturated carbocycles. The van der Waals surface area contributed by atoms with Gasteiger partial charge in [-0.05, 0) is 42.8 Å². The minimum atomic E-state index is -1.14. The summed E-state index contributed by atoms with van der Waals surface area (Å²) in [7, 11) is 0. The van der Waals surface area contributed by atoms with Gasteiger partial charge in [0.1, 0.15) is 25.9 Å². The predicted molar refractivity (Wildman–Crippen MR) is 107 cm³/mol. The van der Waals surface area contributed by atoms with Gasteiger partial charge in [-0.1, -0.05) is 30.3 Å². The zero-order chi connectivity index (χ0) is 20.9. The molecule has 1 saturated heterocycles. The van der Waals surface area contributed by atoms with Crippen LogP contribution in [0.3, 0.4) is 0 Å². The van der Waals surface area contributed by atoms with Crippen molar-refractivity contribution in [2.45, 2.75) is 25.2 Å². The number of carbonyl (C=O) groups is 1. The molecule has 2 aliphatic heterocycles. The first-order valence-corrected chi connectivity index (χ1v) is 10.1. The van der Waals surface area contributed by atoms with E-state index in [1.807, 2.05) is 30.3 Å². The Kier molecular flexibility index (Phi) is 6.35. The quantitative estimate of drug-likeness (QED) is 0.722. The van der Waals surface area contributed by atoms with E-state index in [9.17, 15) is 14.3 Å². The fourth-order valence-electron chi connectivity index (χ4n) is 3.52. The molecule has 0 aliphatic carbocycles. The zero-order valence-electron chi connectivity index (χ0n) is 16.6. The third-order valence-corrected chi connectivity index (χ3v) is 5.26. The Balaban J connectivity index is 1.45. The fraction of sp³-hybridized carbons (Fsp3) is 0.409. The largest absolute Gasteiger partial charge is 0.486 e. The van der Waals surface area contributed by atoms with Crippen LogP contribution in [0.1, 0.15) is 23.7 Å². The summed E-state index contributed by atoms with van der Waals surface area (Å²) in [5.41, 5.74) is 1.17. The molecular formula is C22H25FN2O5. The lowest BCUT2D eigenvalue weighted by Crippen LogP contribution is -2.51. The average Bonchev–Trinajstić information content (AvgIpc) is 2.74. The smallest absolute Gasteiger partial charge is 0.407 e. The maximum atomic E-state index is 14.4. The molecule has 0 unspecified atom stereocenters. The van der Waals surface area contributed by atoms with E-state index < -0.39 is 24.1 Å².